The number of Topliss-reactive ketones (excluding diaryl/α,β-unsaturated/α-hetero) is 1. The minimum atomic E-state index is 0.00877. The normalized spacial score (nSPS) is 16.3. The lowest BCUT2D eigenvalue weighted by Gasteiger charge is -2.32. The summed E-state index contributed by atoms with van der Waals surface area (Å²) in [5.74, 6) is 1.56. The van der Waals surface area contributed by atoms with Crippen molar-refractivity contribution < 1.29 is 18.7 Å². The molecule has 2 aliphatic rings. The molecule has 7 rings (SSSR count). The average Bonchev–Trinajstić information content (AvgIpc) is 3.81. The molecule has 0 atom stereocenters. The Labute approximate surface area is 273 Å². The van der Waals surface area contributed by atoms with Crippen LogP contribution in [0.4, 0.5) is 0 Å². The Balaban J connectivity index is 0.880. The third-order valence-electron chi connectivity index (χ3n) is 9.35. The molecule has 2 fully saturated rings. The summed E-state index contributed by atoms with van der Waals surface area (Å²) in [6.45, 7) is 4.02. The van der Waals surface area contributed by atoms with E-state index in [1.807, 2.05) is 90.0 Å². The van der Waals surface area contributed by atoms with Gasteiger partial charge in [0.15, 0.2) is 11.5 Å². The zero-order chi connectivity index (χ0) is 32.2. The van der Waals surface area contributed by atoms with Crippen LogP contribution in [0.5, 0.6) is 5.75 Å². The lowest BCUT2D eigenvalue weighted by atomic mass is 9.91. The number of nitriles is 1. The largest absolute Gasteiger partial charge is 0.490 e. The number of hydrogen-bond acceptors (Lipinski definition) is 7. The van der Waals surface area contributed by atoms with E-state index in [0.717, 1.165) is 62.1 Å². The Morgan fingerprint density at radius 3 is 2.38 bits per heavy atom. The molecule has 0 spiro atoms. The third kappa shape index (κ3) is 7.13. The van der Waals surface area contributed by atoms with Crippen LogP contribution in [0, 0.1) is 17.2 Å². The molecule has 9 heteroatoms. The van der Waals surface area contributed by atoms with Gasteiger partial charge in [-0.05, 0) is 104 Å². The van der Waals surface area contributed by atoms with Gasteiger partial charge in [0.05, 0.1) is 17.3 Å². The van der Waals surface area contributed by atoms with Gasteiger partial charge in [0, 0.05) is 62.2 Å². The summed E-state index contributed by atoms with van der Waals surface area (Å²) in [5, 5.41) is 14.1. The summed E-state index contributed by atoms with van der Waals surface area (Å²) in [5.41, 5.74) is 4.14. The first-order valence-electron chi connectivity index (χ1n) is 16.3. The second-order valence-electron chi connectivity index (χ2n) is 12.6. The molecule has 5 aromatic rings. The fourth-order valence-corrected chi connectivity index (χ4v) is 6.62. The predicted octanol–water partition coefficient (Wildman–Crippen LogP) is 6.66. The molecule has 0 saturated carbocycles. The molecule has 238 valence electrons. The first-order valence-corrected chi connectivity index (χ1v) is 16.3. The van der Waals surface area contributed by atoms with Gasteiger partial charge in [-0.2, -0.15) is 10.4 Å². The number of hydrogen-bond donors (Lipinski definition) is 0. The van der Waals surface area contributed by atoms with E-state index in [0.29, 0.717) is 47.9 Å². The number of nitrogens with zero attached hydrogens (tertiary/aromatic N) is 5. The topological polar surface area (TPSA) is 105 Å². The smallest absolute Gasteiger partial charge is 0.253 e. The summed E-state index contributed by atoms with van der Waals surface area (Å²) in [6.07, 6.45) is 7.54. The number of likely N-dealkylation sites (tertiary alicyclic amines) is 2. The molecule has 0 radical (unpaired) electrons. The number of aromatic nitrogens is 2. The maximum atomic E-state index is 13.2. The molecule has 0 aliphatic carbocycles. The second kappa shape index (κ2) is 13.7. The van der Waals surface area contributed by atoms with E-state index < -0.39 is 0 Å². The van der Waals surface area contributed by atoms with Crippen LogP contribution in [0.1, 0.15) is 64.1 Å². The predicted molar refractivity (Wildman–Crippen MR) is 177 cm³/mol. The molecule has 9 nitrogen and oxygen atoms in total. The summed E-state index contributed by atoms with van der Waals surface area (Å²) >= 11 is 0. The number of ether oxygens (including phenoxy) is 1. The van der Waals surface area contributed by atoms with Crippen LogP contribution in [0.2, 0.25) is 0 Å². The molecular formula is C38H37N5O4. The van der Waals surface area contributed by atoms with Crippen molar-refractivity contribution in [2.45, 2.75) is 44.8 Å². The highest BCUT2D eigenvalue weighted by Gasteiger charge is 2.26. The Morgan fingerprint density at radius 1 is 0.915 bits per heavy atom. The molecule has 2 aromatic heterocycles. The highest BCUT2D eigenvalue weighted by molar-refractivity contribution is 5.98. The van der Waals surface area contributed by atoms with E-state index in [9.17, 15) is 9.59 Å². The number of furan rings is 1. The van der Waals surface area contributed by atoms with Crippen LogP contribution < -0.4 is 4.74 Å². The minimum Gasteiger partial charge on any atom is -0.490 e. The van der Waals surface area contributed by atoms with Gasteiger partial charge >= 0.3 is 0 Å². The number of carbonyl (C=O) groups excluding carboxylic acids is 2. The van der Waals surface area contributed by atoms with Crippen molar-refractivity contribution in [2.75, 3.05) is 26.2 Å². The van der Waals surface area contributed by atoms with Gasteiger partial charge < -0.3 is 14.1 Å². The number of fused-ring (bicyclic) bond motifs is 1. The lowest BCUT2D eigenvalue weighted by Crippen LogP contribution is -2.41. The van der Waals surface area contributed by atoms with Crippen LogP contribution in [-0.2, 0) is 6.54 Å². The Bertz CT molecular complexity index is 1870. The third-order valence-corrected chi connectivity index (χ3v) is 9.35. The fourth-order valence-electron chi connectivity index (χ4n) is 6.62. The molecule has 0 unspecified atom stereocenters. The second-order valence-corrected chi connectivity index (χ2v) is 12.6. The van der Waals surface area contributed by atoms with Crippen LogP contribution in [0.3, 0.4) is 0 Å². The first-order chi connectivity index (χ1) is 23.0. The van der Waals surface area contributed by atoms with Gasteiger partial charge in [-0.3, -0.25) is 14.5 Å². The van der Waals surface area contributed by atoms with Crippen molar-refractivity contribution in [1.29, 1.82) is 5.26 Å². The highest BCUT2D eigenvalue weighted by Crippen LogP contribution is 2.29. The van der Waals surface area contributed by atoms with Crippen LogP contribution in [0.15, 0.2) is 95.7 Å². The van der Waals surface area contributed by atoms with E-state index in [-0.39, 0.29) is 17.8 Å². The lowest BCUT2D eigenvalue weighted by molar-refractivity contribution is 0.0595. The van der Waals surface area contributed by atoms with Crippen LogP contribution in [-0.4, -0.2) is 63.6 Å². The van der Waals surface area contributed by atoms with Crippen molar-refractivity contribution in [2.24, 2.45) is 5.92 Å². The Kier molecular flexibility index (Phi) is 8.85. The minimum absolute atomic E-state index is 0.00877. The van der Waals surface area contributed by atoms with Gasteiger partial charge in [-0.15, -0.1) is 0 Å². The molecular weight excluding hydrogens is 590 g/mol. The van der Waals surface area contributed by atoms with E-state index in [1.165, 1.54) is 5.56 Å². The molecule has 4 heterocycles. The van der Waals surface area contributed by atoms with Crippen molar-refractivity contribution in [1.82, 2.24) is 19.6 Å². The summed E-state index contributed by atoms with van der Waals surface area (Å²) in [6, 6.07) is 26.8. The molecule has 47 heavy (non-hydrogen) atoms. The SMILES string of the molecule is N#Cc1ccc(CN2CCC(CC(=O)c3cc4cc(OC5CCN(C(=O)c6ccc(-n7cccn7)cc6)CC5)ccc4o3)CC2)cc1. The summed E-state index contributed by atoms with van der Waals surface area (Å²) in [4.78, 5) is 30.6. The molecule has 0 N–H and O–H groups in total. The van der Waals surface area contributed by atoms with Gasteiger partial charge in [-0.1, -0.05) is 12.1 Å². The standard InChI is InChI=1S/C38H37N5O4/c39-25-28-2-4-29(5-3-28)26-41-18-12-27(13-19-41)22-35(44)37-24-31-23-34(10-11-36(31)47-37)46-33-14-20-42(21-15-33)38(45)30-6-8-32(9-7-30)43-17-1-16-40-43/h1-11,16-17,23-24,27,33H,12-15,18-22,26H2. The van der Waals surface area contributed by atoms with Crippen molar-refractivity contribution in [3.63, 3.8) is 0 Å². The molecule has 2 saturated heterocycles. The van der Waals surface area contributed by atoms with Crippen LogP contribution >= 0.6 is 0 Å². The van der Waals surface area contributed by atoms with Crippen molar-refractivity contribution >= 4 is 22.7 Å². The Hall–Kier alpha value is -5.20. The molecule has 2 aliphatic heterocycles. The fraction of sp³-hybridized carbons (Fsp3) is 0.316. The van der Waals surface area contributed by atoms with Crippen molar-refractivity contribution in [3.05, 3.63) is 114 Å². The number of rotatable bonds is 9. The number of piperidine rings is 2. The van der Waals surface area contributed by atoms with E-state index in [1.54, 1.807) is 10.9 Å². The Morgan fingerprint density at radius 2 is 1.68 bits per heavy atom. The number of carbonyl (C=O) groups is 2. The maximum absolute atomic E-state index is 13.2. The van der Waals surface area contributed by atoms with E-state index >= 15 is 0 Å². The number of benzene rings is 3. The number of ketones is 1. The van der Waals surface area contributed by atoms with Crippen LogP contribution in [0.25, 0.3) is 16.7 Å². The monoisotopic (exact) mass is 627 g/mol. The van der Waals surface area contributed by atoms with Crippen molar-refractivity contribution in [3.8, 4) is 17.5 Å². The zero-order valence-electron chi connectivity index (χ0n) is 26.3. The van der Waals surface area contributed by atoms with Gasteiger partial charge in [0.1, 0.15) is 17.4 Å². The average molecular weight is 628 g/mol. The van der Waals surface area contributed by atoms with E-state index in [4.69, 9.17) is 14.4 Å². The van der Waals surface area contributed by atoms with E-state index in [2.05, 4.69) is 16.1 Å². The molecule has 0 bridgehead atoms. The highest BCUT2D eigenvalue weighted by atomic mass is 16.5. The summed E-state index contributed by atoms with van der Waals surface area (Å²) < 4.78 is 14.0. The maximum Gasteiger partial charge on any atom is 0.253 e. The number of amides is 1. The molecule has 3 aromatic carbocycles. The zero-order valence-corrected chi connectivity index (χ0v) is 26.3. The van der Waals surface area contributed by atoms with Gasteiger partial charge in [0.25, 0.3) is 5.91 Å². The quantitative estimate of drug-likeness (QED) is 0.168. The summed E-state index contributed by atoms with van der Waals surface area (Å²) in [7, 11) is 0. The first kappa shape index (κ1) is 30.5. The van der Waals surface area contributed by atoms with Gasteiger partial charge in [-0.25, -0.2) is 4.68 Å². The van der Waals surface area contributed by atoms with Gasteiger partial charge in [0.2, 0.25) is 0 Å². The molecule has 1 amide bonds.